The SMILES string of the molecule is c1ccc(C2(c3ccccc3)c3ccccc3-c3c(N(c4ccc(-c5cccc6c5-c5ccccc5C65c6ccc7ccccc7c6Oc6c5ccc5ccccc65)cc4)c4cccc5c4-c4ccccc4C54c5ccccc5-c5ccccc54)cccc32)cc1. The fraction of sp³-hybridized carbons (Fsp3) is 0.0337. The van der Waals surface area contributed by atoms with Gasteiger partial charge in [-0.15, -0.1) is 0 Å². The Bertz CT molecular complexity index is 5320. The van der Waals surface area contributed by atoms with Crippen molar-refractivity contribution in [1.82, 2.24) is 0 Å². The number of fused-ring (bicyclic) bond motifs is 26. The van der Waals surface area contributed by atoms with Crippen LogP contribution in [0.1, 0.15) is 66.8 Å². The van der Waals surface area contributed by atoms with E-state index in [1.54, 1.807) is 0 Å². The minimum atomic E-state index is -0.671. The van der Waals surface area contributed by atoms with Gasteiger partial charge in [-0.25, -0.2) is 0 Å². The first-order valence-corrected chi connectivity index (χ1v) is 31.8. The summed E-state index contributed by atoms with van der Waals surface area (Å²) in [4.78, 5) is 2.61. The second-order valence-electron chi connectivity index (χ2n) is 25.1. The molecule has 0 bridgehead atoms. The van der Waals surface area contributed by atoms with Crippen molar-refractivity contribution in [1.29, 1.82) is 0 Å². The molecule has 0 amide bonds. The molecular weight excluding hydrogens is 1100 g/mol. The Kier molecular flexibility index (Phi) is 10.4. The smallest absolute Gasteiger partial charge is 0.140 e. The van der Waals surface area contributed by atoms with Crippen LogP contribution in [0.2, 0.25) is 0 Å². The summed E-state index contributed by atoms with van der Waals surface area (Å²) >= 11 is 0. The van der Waals surface area contributed by atoms with E-state index in [1.165, 1.54) is 106 Å². The maximum absolute atomic E-state index is 7.35. The van der Waals surface area contributed by atoms with Crippen LogP contribution in [-0.2, 0) is 16.2 Å². The van der Waals surface area contributed by atoms with Crippen molar-refractivity contribution in [3.05, 3.63) is 400 Å². The number of benzene rings is 15. The Morgan fingerprint density at radius 1 is 0.220 bits per heavy atom. The van der Waals surface area contributed by atoms with Gasteiger partial charge in [0.2, 0.25) is 0 Å². The number of hydrogen-bond acceptors (Lipinski definition) is 2. The van der Waals surface area contributed by atoms with Crippen molar-refractivity contribution in [2.24, 2.45) is 0 Å². The molecule has 0 atom stereocenters. The summed E-state index contributed by atoms with van der Waals surface area (Å²) in [6, 6.07) is 126. The van der Waals surface area contributed by atoms with E-state index in [-0.39, 0.29) is 0 Å². The largest absolute Gasteiger partial charge is 0.455 e. The van der Waals surface area contributed by atoms with Crippen molar-refractivity contribution >= 4 is 38.6 Å². The van der Waals surface area contributed by atoms with Gasteiger partial charge in [0, 0.05) is 38.7 Å². The standard InChI is InChI=1S/C89H55NO/c1-3-26-59(27-4-1)87(60-28-5-2-6-29-60)72-40-18-14-35-68(72)83-76(87)44-22-46-80(83)90(81-47-23-45-77-84(81)69-36-15-20-42-74(69)88(77)70-38-16-11-32-65(70)66-33-12-17-39-71(66)88)61-52-48-58(49-53-61)62-37-21-43-75-82(62)67-34-13-19-41-73(67)89(75)78-54-50-56-24-7-9-30-63(56)85(78)91-86-64-31-10-8-25-57(64)51-55-79(86)89/h1-55H. The molecule has 20 rings (SSSR count). The number of rotatable bonds is 6. The van der Waals surface area contributed by atoms with Crippen LogP contribution in [0, 0.1) is 0 Å². The lowest BCUT2D eigenvalue weighted by Gasteiger charge is -2.40. The number of nitrogens with zero attached hydrogens (tertiary/aromatic N) is 1. The summed E-state index contributed by atoms with van der Waals surface area (Å²) in [5, 5.41) is 4.53. The molecule has 0 radical (unpaired) electrons. The van der Waals surface area contributed by atoms with Gasteiger partial charge in [-0.1, -0.05) is 309 Å². The predicted octanol–water partition coefficient (Wildman–Crippen LogP) is 22.3. The van der Waals surface area contributed by atoms with Crippen LogP contribution in [-0.4, -0.2) is 0 Å². The van der Waals surface area contributed by atoms with E-state index < -0.39 is 16.2 Å². The fourth-order valence-corrected chi connectivity index (χ4v) is 17.9. The van der Waals surface area contributed by atoms with E-state index in [0.717, 1.165) is 66.8 Å². The Hall–Kier alpha value is -11.6. The molecule has 0 N–H and O–H groups in total. The molecule has 1 aliphatic heterocycles. The van der Waals surface area contributed by atoms with Gasteiger partial charge in [0.15, 0.2) is 0 Å². The quantitative estimate of drug-likeness (QED) is 0.165. The molecule has 15 aromatic rings. The lowest BCUT2D eigenvalue weighted by Crippen LogP contribution is -2.32. The molecule has 422 valence electrons. The van der Waals surface area contributed by atoms with Gasteiger partial charge in [-0.05, 0) is 135 Å². The average Bonchev–Trinajstić information content (AvgIpc) is 1.56. The van der Waals surface area contributed by atoms with Crippen molar-refractivity contribution in [2.75, 3.05) is 4.90 Å². The van der Waals surface area contributed by atoms with E-state index in [1.807, 2.05) is 0 Å². The summed E-state index contributed by atoms with van der Waals surface area (Å²) in [6.45, 7) is 0. The molecule has 91 heavy (non-hydrogen) atoms. The fourth-order valence-electron chi connectivity index (χ4n) is 17.9. The third-order valence-electron chi connectivity index (χ3n) is 21.2. The first-order chi connectivity index (χ1) is 45.2. The molecule has 4 aliphatic carbocycles. The van der Waals surface area contributed by atoms with Crippen molar-refractivity contribution < 1.29 is 4.74 Å². The number of ether oxygens (including phenoxy) is 1. The topological polar surface area (TPSA) is 12.5 Å². The van der Waals surface area contributed by atoms with E-state index in [2.05, 4.69) is 339 Å². The zero-order chi connectivity index (χ0) is 59.6. The molecule has 2 heteroatoms. The normalized spacial score (nSPS) is 14.5. The highest BCUT2D eigenvalue weighted by atomic mass is 16.5. The van der Waals surface area contributed by atoms with Crippen molar-refractivity contribution in [3.63, 3.8) is 0 Å². The minimum absolute atomic E-state index is 0.529. The van der Waals surface area contributed by atoms with Crippen LogP contribution in [0.3, 0.4) is 0 Å². The van der Waals surface area contributed by atoms with Crippen LogP contribution in [0.5, 0.6) is 11.5 Å². The zero-order valence-electron chi connectivity index (χ0n) is 49.6. The molecule has 0 aromatic heterocycles. The zero-order valence-corrected chi connectivity index (χ0v) is 49.6. The Morgan fingerprint density at radius 3 is 1.08 bits per heavy atom. The van der Waals surface area contributed by atoms with Gasteiger partial charge < -0.3 is 9.64 Å². The van der Waals surface area contributed by atoms with Gasteiger partial charge in [0.05, 0.1) is 27.6 Å². The van der Waals surface area contributed by atoms with E-state index in [4.69, 9.17) is 4.74 Å². The third kappa shape index (κ3) is 6.40. The Balaban J connectivity index is 0.841. The molecule has 0 saturated heterocycles. The average molecular weight is 1150 g/mol. The highest BCUT2D eigenvalue weighted by Gasteiger charge is 2.55. The van der Waals surface area contributed by atoms with Crippen LogP contribution >= 0.6 is 0 Å². The van der Waals surface area contributed by atoms with Crippen LogP contribution in [0.4, 0.5) is 17.1 Å². The van der Waals surface area contributed by atoms with Gasteiger partial charge >= 0.3 is 0 Å². The second-order valence-corrected chi connectivity index (χ2v) is 25.1. The molecule has 0 unspecified atom stereocenters. The predicted molar refractivity (Wildman–Crippen MR) is 373 cm³/mol. The van der Waals surface area contributed by atoms with Gasteiger partial charge in [-0.3, -0.25) is 0 Å². The van der Waals surface area contributed by atoms with Gasteiger partial charge in [0.25, 0.3) is 0 Å². The minimum Gasteiger partial charge on any atom is -0.455 e. The maximum atomic E-state index is 7.35. The van der Waals surface area contributed by atoms with Crippen LogP contribution in [0.25, 0.3) is 77.2 Å². The molecule has 0 saturated carbocycles. The van der Waals surface area contributed by atoms with Gasteiger partial charge in [0.1, 0.15) is 11.5 Å². The Morgan fingerprint density at radius 2 is 0.571 bits per heavy atom. The lowest BCUT2D eigenvalue weighted by atomic mass is 9.65. The summed E-state index contributed by atoms with van der Waals surface area (Å²) < 4.78 is 7.35. The molecule has 2 spiro atoms. The van der Waals surface area contributed by atoms with E-state index in [9.17, 15) is 0 Å². The summed E-state index contributed by atoms with van der Waals surface area (Å²) in [7, 11) is 0. The summed E-state index contributed by atoms with van der Waals surface area (Å²) in [5.74, 6) is 1.84. The molecule has 5 aliphatic rings. The van der Waals surface area contributed by atoms with Crippen LogP contribution < -0.4 is 9.64 Å². The Labute approximate surface area is 528 Å². The number of anilines is 3. The van der Waals surface area contributed by atoms with Crippen molar-refractivity contribution in [2.45, 2.75) is 16.2 Å². The van der Waals surface area contributed by atoms with E-state index >= 15 is 0 Å². The molecule has 0 fully saturated rings. The highest BCUT2D eigenvalue weighted by molar-refractivity contribution is 6.06. The first kappa shape index (κ1) is 50.4. The summed E-state index contributed by atoms with van der Waals surface area (Å²) in [5.41, 5.74) is 29.0. The molecule has 2 nitrogen and oxygen atoms in total. The maximum Gasteiger partial charge on any atom is 0.140 e. The second kappa shape index (κ2) is 18.7. The van der Waals surface area contributed by atoms with Crippen molar-refractivity contribution in [3.8, 4) is 67.1 Å². The lowest BCUT2D eigenvalue weighted by molar-refractivity contribution is 0.447. The first-order valence-electron chi connectivity index (χ1n) is 31.8. The molecular formula is C89H55NO. The third-order valence-corrected chi connectivity index (χ3v) is 21.2. The molecule has 15 aromatic carbocycles. The highest BCUT2D eigenvalue weighted by Crippen LogP contribution is 2.68. The molecule has 1 heterocycles. The van der Waals surface area contributed by atoms with Gasteiger partial charge in [-0.2, -0.15) is 0 Å². The number of hydrogen-bond donors (Lipinski definition) is 0. The monoisotopic (exact) mass is 1150 g/mol. The van der Waals surface area contributed by atoms with Crippen LogP contribution in [0.15, 0.2) is 334 Å². The van der Waals surface area contributed by atoms with E-state index in [0.29, 0.717) is 0 Å². The summed E-state index contributed by atoms with van der Waals surface area (Å²) in [6.07, 6.45) is 0.